The second-order valence-corrected chi connectivity index (χ2v) is 5.81. The summed E-state index contributed by atoms with van der Waals surface area (Å²) in [6.07, 6.45) is 3.83. The van der Waals surface area contributed by atoms with Crippen molar-refractivity contribution in [2.45, 2.75) is 45.0 Å². The number of benzene rings is 1. The molecule has 0 N–H and O–H groups in total. The summed E-state index contributed by atoms with van der Waals surface area (Å²) in [5, 5.41) is 0. The van der Waals surface area contributed by atoms with Gasteiger partial charge in [-0.2, -0.15) is 0 Å². The highest BCUT2D eigenvalue weighted by Gasteiger charge is 2.26. The zero-order valence-corrected chi connectivity index (χ0v) is 11.7. The van der Waals surface area contributed by atoms with Gasteiger partial charge < -0.3 is 4.57 Å². The van der Waals surface area contributed by atoms with Crippen LogP contribution in [0.4, 0.5) is 0 Å². The second-order valence-electron chi connectivity index (χ2n) is 5.55. The van der Waals surface area contributed by atoms with E-state index in [1.807, 2.05) is 0 Å². The molecule has 0 spiro atoms. The molecule has 1 aromatic heterocycles. The summed E-state index contributed by atoms with van der Waals surface area (Å²) < 4.78 is 2.40. The van der Waals surface area contributed by atoms with Gasteiger partial charge in [0.1, 0.15) is 5.82 Å². The molecule has 1 aliphatic carbocycles. The van der Waals surface area contributed by atoms with Gasteiger partial charge in [0.05, 0.1) is 16.9 Å². The van der Waals surface area contributed by atoms with E-state index in [0.29, 0.717) is 11.9 Å². The third-order valence-electron chi connectivity index (χ3n) is 4.14. The Bertz CT molecular complexity index is 573. The van der Waals surface area contributed by atoms with Crippen LogP contribution in [0.15, 0.2) is 18.2 Å². The SMILES string of the molecule is Cc1cccc2nc(CCl)n(C3CCC(C)C3)c12. The van der Waals surface area contributed by atoms with Crippen LogP contribution in [0.1, 0.15) is 43.6 Å². The maximum absolute atomic E-state index is 6.09. The first-order valence-electron chi connectivity index (χ1n) is 6.73. The third-order valence-corrected chi connectivity index (χ3v) is 4.38. The molecule has 1 heterocycles. The summed E-state index contributed by atoms with van der Waals surface area (Å²) in [5.41, 5.74) is 3.67. The van der Waals surface area contributed by atoms with E-state index in [1.165, 1.54) is 30.3 Å². The van der Waals surface area contributed by atoms with Crippen LogP contribution in [0.25, 0.3) is 11.0 Å². The Kier molecular flexibility index (Phi) is 3.06. The molecule has 3 heteroatoms. The summed E-state index contributed by atoms with van der Waals surface area (Å²) in [6, 6.07) is 6.91. The Balaban J connectivity index is 2.19. The number of hydrogen-bond donors (Lipinski definition) is 0. The van der Waals surface area contributed by atoms with Gasteiger partial charge in [-0.3, -0.25) is 0 Å². The topological polar surface area (TPSA) is 17.8 Å². The van der Waals surface area contributed by atoms with Crippen molar-refractivity contribution in [1.82, 2.24) is 9.55 Å². The summed E-state index contributed by atoms with van der Waals surface area (Å²) in [6.45, 7) is 4.50. The predicted octanol–water partition coefficient (Wildman–Crippen LogP) is 4.44. The van der Waals surface area contributed by atoms with Crippen LogP contribution in [-0.4, -0.2) is 9.55 Å². The molecular weight excluding hydrogens is 244 g/mol. The van der Waals surface area contributed by atoms with Crippen molar-refractivity contribution in [1.29, 1.82) is 0 Å². The summed E-state index contributed by atoms with van der Waals surface area (Å²) in [4.78, 5) is 4.69. The second kappa shape index (κ2) is 4.58. The van der Waals surface area contributed by atoms with Gasteiger partial charge in [0.2, 0.25) is 0 Å². The fourth-order valence-electron chi connectivity index (χ4n) is 3.27. The molecule has 0 saturated heterocycles. The number of para-hydroxylation sites is 1. The number of fused-ring (bicyclic) bond motifs is 1. The van der Waals surface area contributed by atoms with Crippen LogP contribution in [0, 0.1) is 12.8 Å². The monoisotopic (exact) mass is 262 g/mol. The van der Waals surface area contributed by atoms with E-state index in [4.69, 9.17) is 16.6 Å². The number of alkyl halides is 1. The normalized spacial score (nSPS) is 23.9. The molecule has 2 unspecified atom stereocenters. The van der Waals surface area contributed by atoms with Crippen molar-refractivity contribution in [3.8, 4) is 0 Å². The quantitative estimate of drug-likeness (QED) is 0.732. The third kappa shape index (κ3) is 1.83. The Morgan fingerprint density at radius 2 is 2.22 bits per heavy atom. The fraction of sp³-hybridized carbons (Fsp3) is 0.533. The number of aryl methyl sites for hydroxylation is 1. The van der Waals surface area contributed by atoms with Gasteiger partial charge in [0.25, 0.3) is 0 Å². The maximum Gasteiger partial charge on any atom is 0.125 e. The van der Waals surface area contributed by atoms with Crippen LogP contribution in [-0.2, 0) is 5.88 Å². The molecule has 0 bridgehead atoms. The van der Waals surface area contributed by atoms with E-state index in [-0.39, 0.29) is 0 Å². The number of hydrogen-bond acceptors (Lipinski definition) is 1. The molecule has 2 atom stereocenters. The minimum Gasteiger partial charge on any atom is -0.324 e. The number of nitrogens with zero attached hydrogens (tertiary/aromatic N) is 2. The molecule has 0 amide bonds. The van der Waals surface area contributed by atoms with Gasteiger partial charge in [-0.05, 0) is 43.7 Å². The summed E-state index contributed by atoms with van der Waals surface area (Å²) in [5.74, 6) is 2.35. The van der Waals surface area contributed by atoms with Crippen LogP contribution in [0.5, 0.6) is 0 Å². The smallest absolute Gasteiger partial charge is 0.125 e. The van der Waals surface area contributed by atoms with Crippen molar-refractivity contribution in [3.05, 3.63) is 29.6 Å². The molecule has 1 aliphatic rings. The molecule has 0 aliphatic heterocycles. The highest BCUT2D eigenvalue weighted by Crippen LogP contribution is 2.38. The average molecular weight is 263 g/mol. The van der Waals surface area contributed by atoms with Crippen LogP contribution in [0.3, 0.4) is 0 Å². The standard InChI is InChI=1S/C15H19ClN2/c1-10-6-7-12(8-10)18-14(9-16)17-13-5-3-4-11(2)15(13)18/h3-5,10,12H,6-9H2,1-2H3. The molecule has 2 aromatic rings. The molecule has 3 rings (SSSR count). The average Bonchev–Trinajstić information content (AvgIpc) is 2.92. The van der Waals surface area contributed by atoms with E-state index >= 15 is 0 Å². The zero-order chi connectivity index (χ0) is 12.7. The van der Waals surface area contributed by atoms with Crippen LogP contribution >= 0.6 is 11.6 Å². The maximum atomic E-state index is 6.09. The van der Waals surface area contributed by atoms with Crippen molar-refractivity contribution in [3.63, 3.8) is 0 Å². The molecule has 1 aromatic carbocycles. The molecular formula is C15H19ClN2. The van der Waals surface area contributed by atoms with Crippen molar-refractivity contribution >= 4 is 22.6 Å². The zero-order valence-electron chi connectivity index (χ0n) is 11.0. The van der Waals surface area contributed by atoms with E-state index in [0.717, 1.165) is 17.3 Å². The molecule has 2 nitrogen and oxygen atoms in total. The molecule has 96 valence electrons. The minimum absolute atomic E-state index is 0.499. The van der Waals surface area contributed by atoms with E-state index in [9.17, 15) is 0 Å². The molecule has 1 fully saturated rings. The van der Waals surface area contributed by atoms with E-state index in [1.54, 1.807) is 0 Å². The number of imidazole rings is 1. The first kappa shape index (κ1) is 12.0. The van der Waals surface area contributed by atoms with Gasteiger partial charge in [0, 0.05) is 6.04 Å². The largest absolute Gasteiger partial charge is 0.324 e. The lowest BCUT2D eigenvalue weighted by Crippen LogP contribution is -2.09. The van der Waals surface area contributed by atoms with Crippen LogP contribution in [0.2, 0.25) is 0 Å². The molecule has 18 heavy (non-hydrogen) atoms. The number of aromatic nitrogens is 2. The first-order valence-corrected chi connectivity index (χ1v) is 7.26. The van der Waals surface area contributed by atoms with Crippen molar-refractivity contribution in [2.24, 2.45) is 5.92 Å². The van der Waals surface area contributed by atoms with Gasteiger partial charge >= 0.3 is 0 Å². The summed E-state index contributed by atoms with van der Waals surface area (Å²) >= 11 is 6.09. The number of halogens is 1. The Morgan fingerprint density at radius 3 is 2.89 bits per heavy atom. The Morgan fingerprint density at radius 1 is 1.39 bits per heavy atom. The lowest BCUT2D eigenvalue weighted by molar-refractivity contribution is 0.493. The molecule has 0 radical (unpaired) electrons. The Hall–Kier alpha value is -1.02. The van der Waals surface area contributed by atoms with Gasteiger partial charge in [0.15, 0.2) is 0 Å². The van der Waals surface area contributed by atoms with E-state index < -0.39 is 0 Å². The predicted molar refractivity (Wildman–Crippen MR) is 76.1 cm³/mol. The summed E-state index contributed by atoms with van der Waals surface area (Å²) in [7, 11) is 0. The fourth-order valence-corrected chi connectivity index (χ4v) is 3.46. The highest BCUT2D eigenvalue weighted by atomic mass is 35.5. The van der Waals surface area contributed by atoms with Gasteiger partial charge in [-0.25, -0.2) is 4.98 Å². The van der Waals surface area contributed by atoms with Crippen molar-refractivity contribution in [2.75, 3.05) is 0 Å². The lowest BCUT2D eigenvalue weighted by atomic mass is 10.1. The Labute approximate surface area is 113 Å². The lowest BCUT2D eigenvalue weighted by Gasteiger charge is -2.17. The van der Waals surface area contributed by atoms with Crippen molar-refractivity contribution < 1.29 is 0 Å². The van der Waals surface area contributed by atoms with Gasteiger partial charge in [-0.1, -0.05) is 19.1 Å². The van der Waals surface area contributed by atoms with Crippen LogP contribution < -0.4 is 0 Å². The highest BCUT2D eigenvalue weighted by molar-refractivity contribution is 6.16. The van der Waals surface area contributed by atoms with Gasteiger partial charge in [-0.15, -0.1) is 11.6 Å². The minimum atomic E-state index is 0.499. The molecule has 1 saturated carbocycles. The number of rotatable bonds is 2. The van der Waals surface area contributed by atoms with E-state index in [2.05, 4.69) is 36.6 Å². The first-order chi connectivity index (χ1) is 8.70.